The zero-order chi connectivity index (χ0) is 19.4. The average molecular weight is 384 g/mol. The van der Waals surface area contributed by atoms with Gasteiger partial charge in [0, 0.05) is 25.2 Å². The summed E-state index contributed by atoms with van der Waals surface area (Å²) in [6.07, 6.45) is 0. The van der Waals surface area contributed by atoms with E-state index in [9.17, 15) is 0 Å². The van der Waals surface area contributed by atoms with Gasteiger partial charge >= 0.3 is 0 Å². The average Bonchev–Trinajstić information content (AvgIpc) is 2.66. The van der Waals surface area contributed by atoms with Crippen molar-refractivity contribution < 1.29 is 4.74 Å². The SMILES string of the molecule is COc1ccc(NC(N)=NCc2cc(N(C)C)nc3ccccc23)cc1Cl. The van der Waals surface area contributed by atoms with Crippen LogP contribution < -0.4 is 20.7 Å². The lowest BCUT2D eigenvalue weighted by atomic mass is 10.1. The highest BCUT2D eigenvalue weighted by molar-refractivity contribution is 6.32. The number of guanidine groups is 1. The van der Waals surface area contributed by atoms with Crippen LogP contribution in [-0.4, -0.2) is 32.1 Å². The van der Waals surface area contributed by atoms with Crippen LogP contribution in [0, 0.1) is 0 Å². The molecular weight excluding hydrogens is 362 g/mol. The molecule has 0 aliphatic heterocycles. The number of rotatable bonds is 5. The van der Waals surface area contributed by atoms with Crippen molar-refractivity contribution >= 4 is 40.0 Å². The minimum absolute atomic E-state index is 0.309. The van der Waals surface area contributed by atoms with Gasteiger partial charge in [0.1, 0.15) is 11.6 Å². The summed E-state index contributed by atoms with van der Waals surface area (Å²) < 4.78 is 5.15. The summed E-state index contributed by atoms with van der Waals surface area (Å²) in [4.78, 5) is 11.1. The second kappa shape index (κ2) is 8.14. The zero-order valence-electron chi connectivity index (χ0n) is 15.5. The summed E-state index contributed by atoms with van der Waals surface area (Å²) in [6.45, 7) is 0.437. The van der Waals surface area contributed by atoms with Gasteiger partial charge in [-0.3, -0.25) is 0 Å². The molecule has 1 heterocycles. The highest BCUT2D eigenvalue weighted by Gasteiger charge is 2.07. The molecule has 0 atom stereocenters. The molecule has 0 radical (unpaired) electrons. The van der Waals surface area contributed by atoms with Gasteiger partial charge in [-0.1, -0.05) is 29.8 Å². The first kappa shape index (κ1) is 18.8. The van der Waals surface area contributed by atoms with Crippen molar-refractivity contribution in [1.29, 1.82) is 0 Å². The van der Waals surface area contributed by atoms with E-state index in [1.54, 1.807) is 19.2 Å². The molecule has 7 heteroatoms. The summed E-state index contributed by atoms with van der Waals surface area (Å²) in [5, 5.41) is 4.62. The van der Waals surface area contributed by atoms with Gasteiger partial charge in [-0.25, -0.2) is 9.98 Å². The highest BCUT2D eigenvalue weighted by atomic mass is 35.5. The van der Waals surface area contributed by atoms with Crippen molar-refractivity contribution in [3.8, 4) is 5.75 Å². The molecule has 0 amide bonds. The smallest absolute Gasteiger partial charge is 0.193 e. The number of ether oxygens (including phenoxy) is 1. The van der Waals surface area contributed by atoms with Crippen LogP contribution in [0.3, 0.4) is 0 Å². The molecule has 0 saturated heterocycles. The van der Waals surface area contributed by atoms with E-state index in [2.05, 4.69) is 15.3 Å². The van der Waals surface area contributed by atoms with Crippen molar-refractivity contribution in [1.82, 2.24) is 4.98 Å². The van der Waals surface area contributed by atoms with Gasteiger partial charge in [0.25, 0.3) is 0 Å². The predicted molar refractivity (Wildman–Crippen MR) is 113 cm³/mol. The Morgan fingerprint density at radius 2 is 2.00 bits per heavy atom. The number of anilines is 2. The zero-order valence-corrected chi connectivity index (χ0v) is 16.3. The highest BCUT2D eigenvalue weighted by Crippen LogP contribution is 2.27. The number of methoxy groups -OCH3 is 1. The van der Waals surface area contributed by atoms with Gasteiger partial charge in [-0.2, -0.15) is 0 Å². The summed E-state index contributed by atoms with van der Waals surface area (Å²) in [7, 11) is 5.51. The Labute approximate surface area is 163 Å². The minimum Gasteiger partial charge on any atom is -0.495 e. The molecule has 27 heavy (non-hydrogen) atoms. The molecule has 3 aromatic rings. The minimum atomic E-state index is 0.309. The Hall–Kier alpha value is -2.99. The van der Waals surface area contributed by atoms with Gasteiger partial charge in [-0.15, -0.1) is 0 Å². The lowest BCUT2D eigenvalue weighted by Gasteiger charge is -2.14. The van der Waals surface area contributed by atoms with E-state index < -0.39 is 0 Å². The van der Waals surface area contributed by atoms with Crippen molar-refractivity contribution in [2.24, 2.45) is 10.7 Å². The van der Waals surface area contributed by atoms with Crippen molar-refractivity contribution in [3.63, 3.8) is 0 Å². The van der Waals surface area contributed by atoms with Crippen LogP contribution in [-0.2, 0) is 6.54 Å². The maximum absolute atomic E-state index is 6.14. The topological polar surface area (TPSA) is 75.8 Å². The third-order valence-corrected chi connectivity index (χ3v) is 4.39. The molecule has 0 bridgehead atoms. The summed E-state index contributed by atoms with van der Waals surface area (Å²) in [5.74, 6) is 1.80. The van der Waals surface area contributed by atoms with Crippen molar-refractivity contribution in [2.75, 3.05) is 31.4 Å². The Morgan fingerprint density at radius 1 is 1.22 bits per heavy atom. The molecule has 0 saturated carbocycles. The first-order chi connectivity index (χ1) is 13.0. The number of benzene rings is 2. The molecule has 3 rings (SSSR count). The quantitative estimate of drug-likeness (QED) is 0.516. The molecule has 3 N–H and O–H groups in total. The van der Waals surface area contributed by atoms with Crippen LogP contribution in [0.25, 0.3) is 10.9 Å². The Balaban J connectivity index is 1.83. The summed E-state index contributed by atoms with van der Waals surface area (Å²) in [6, 6.07) is 15.4. The lowest BCUT2D eigenvalue weighted by molar-refractivity contribution is 0.415. The van der Waals surface area contributed by atoms with E-state index in [-0.39, 0.29) is 0 Å². The van der Waals surface area contributed by atoms with Gasteiger partial charge in [0.15, 0.2) is 5.96 Å². The number of pyridine rings is 1. The number of aromatic nitrogens is 1. The van der Waals surface area contributed by atoms with E-state index in [4.69, 9.17) is 22.1 Å². The second-order valence-electron chi connectivity index (χ2n) is 6.23. The van der Waals surface area contributed by atoms with Crippen molar-refractivity contribution in [2.45, 2.75) is 6.54 Å². The number of hydrogen-bond donors (Lipinski definition) is 2. The third kappa shape index (κ3) is 4.41. The Morgan fingerprint density at radius 3 is 2.70 bits per heavy atom. The molecule has 1 aromatic heterocycles. The van der Waals surface area contributed by atoms with Gasteiger partial charge in [-0.05, 0) is 35.9 Å². The first-order valence-corrected chi connectivity index (χ1v) is 8.82. The molecule has 0 aliphatic rings. The number of para-hydroxylation sites is 1. The second-order valence-corrected chi connectivity index (χ2v) is 6.63. The molecule has 0 aliphatic carbocycles. The fourth-order valence-electron chi connectivity index (χ4n) is 2.69. The number of fused-ring (bicyclic) bond motifs is 1. The number of hydrogen-bond acceptors (Lipinski definition) is 4. The molecule has 140 valence electrons. The van der Waals surface area contributed by atoms with E-state index >= 15 is 0 Å². The normalized spacial score (nSPS) is 11.5. The molecular formula is C20H22ClN5O. The van der Waals surface area contributed by atoms with Gasteiger partial charge in [0.05, 0.1) is 24.2 Å². The van der Waals surface area contributed by atoms with E-state index in [1.807, 2.05) is 55.4 Å². The molecule has 0 spiro atoms. The number of nitrogens with one attached hydrogen (secondary N) is 1. The molecule has 6 nitrogen and oxygen atoms in total. The van der Waals surface area contributed by atoms with Crippen molar-refractivity contribution in [3.05, 3.63) is 59.1 Å². The van der Waals surface area contributed by atoms with Crippen LogP contribution >= 0.6 is 11.6 Å². The van der Waals surface area contributed by atoms with Gasteiger partial charge in [0.2, 0.25) is 0 Å². The number of halogens is 1. The first-order valence-electron chi connectivity index (χ1n) is 8.44. The number of nitrogens with zero attached hydrogens (tertiary/aromatic N) is 3. The summed E-state index contributed by atoms with van der Waals surface area (Å²) in [5.41, 5.74) is 8.79. The fraction of sp³-hybridized carbons (Fsp3) is 0.200. The van der Waals surface area contributed by atoms with E-state index in [0.29, 0.717) is 23.3 Å². The third-order valence-electron chi connectivity index (χ3n) is 4.09. The van der Waals surface area contributed by atoms with Crippen LogP contribution in [0.1, 0.15) is 5.56 Å². The van der Waals surface area contributed by atoms with Crippen LogP contribution in [0.15, 0.2) is 53.5 Å². The Kier molecular flexibility index (Phi) is 5.66. The summed E-state index contributed by atoms with van der Waals surface area (Å²) >= 11 is 6.14. The largest absolute Gasteiger partial charge is 0.495 e. The van der Waals surface area contributed by atoms with Gasteiger partial charge < -0.3 is 20.7 Å². The number of aliphatic imine (C=N–C) groups is 1. The maximum atomic E-state index is 6.14. The van der Waals surface area contributed by atoms with E-state index in [0.717, 1.165) is 28.0 Å². The molecule has 0 unspecified atom stereocenters. The molecule has 0 fully saturated rings. The monoisotopic (exact) mass is 383 g/mol. The van der Waals surface area contributed by atoms with Crippen LogP contribution in [0.4, 0.5) is 11.5 Å². The van der Waals surface area contributed by atoms with Crippen LogP contribution in [0.5, 0.6) is 5.75 Å². The lowest BCUT2D eigenvalue weighted by Crippen LogP contribution is -2.22. The van der Waals surface area contributed by atoms with E-state index in [1.165, 1.54) is 0 Å². The fourth-order valence-corrected chi connectivity index (χ4v) is 2.95. The maximum Gasteiger partial charge on any atom is 0.193 e. The molecule has 2 aromatic carbocycles. The standard InChI is InChI=1S/C20H22ClN5O/c1-26(2)19-10-13(15-6-4-5-7-17(15)25-19)12-23-20(22)24-14-8-9-18(27-3)16(21)11-14/h4-11H,12H2,1-3H3,(H3,22,23,24). The van der Waals surface area contributed by atoms with Crippen LogP contribution in [0.2, 0.25) is 5.02 Å². The Bertz CT molecular complexity index is 987. The number of nitrogens with two attached hydrogens (primary N) is 1. The predicted octanol–water partition coefficient (Wildman–Crippen LogP) is 3.89.